The summed E-state index contributed by atoms with van der Waals surface area (Å²) in [6.07, 6.45) is 1.85. The normalized spacial score (nSPS) is 22.7. The number of esters is 1. The van der Waals surface area contributed by atoms with Crippen LogP contribution in [0.2, 0.25) is 0 Å². The summed E-state index contributed by atoms with van der Waals surface area (Å²) >= 11 is 3.03. The van der Waals surface area contributed by atoms with Gasteiger partial charge in [-0.1, -0.05) is 11.8 Å². The minimum absolute atomic E-state index is 0.0201. The van der Waals surface area contributed by atoms with Crippen molar-refractivity contribution in [3.63, 3.8) is 0 Å². The number of rotatable bonds is 5. The highest BCUT2D eigenvalue weighted by Gasteiger charge is 2.49. The quantitative estimate of drug-likeness (QED) is 0.475. The lowest BCUT2D eigenvalue weighted by atomic mass is 9.87. The molecule has 1 unspecified atom stereocenters. The SMILES string of the molecule is CCOC(=O)C1(CSc2nc(C)cs2)CCCC1=O. The number of aromatic nitrogens is 1. The lowest BCUT2D eigenvalue weighted by Crippen LogP contribution is -2.39. The zero-order valence-corrected chi connectivity index (χ0v) is 12.7. The third-order valence-corrected chi connectivity index (χ3v) is 5.62. The molecule has 2 rings (SSSR count). The van der Waals surface area contributed by atoms with Crippen LogP contribution < -0.4 is 0 Å². The van der Waals surface area contributed by atoms with Gasteiger partial charge in [0.1, 0.15) is 9.75 Å². The maximum Gasteiger partial charge on any atom is 0.320 e. The molecule has 0 bridgehead atoms. The molecule has 0 amide bonds. The molecule has 0 radical (unpaired) electrons. The van der Waals surface area contributed by atoms with Gasteiger partial charge in [-0.15, -0.1) is 11.3 Å². The molecular formula is C13H17NO3S2. The maximum absolute atomic E-state index is 12.1. The second kappa shape index (κ2) is 6.05. The first-order valence-corrected chi connectivity index (χ1v) is 8.20. The van der Waals surface area contributed by atoms with E-state index in [-0.39, 0.29) is 11.8 Å². The van der Waals surface area contributed by atoms with E-state index in [2.05, 4.69) is 4.98 Å². The minimum atomic E-state index is -0.944. The van der Waals surface area contributed by atoms with E-state index in [0.717, 1.165) is 16.5 Å². The van der Waals surface area contributed by atoms with Crippen molar-refractivity contribution in [3.8, 4) is 0 Å². The summed E-state index contributed by atoms with van der Waals surface area (Å²) in [6.45, 7) is 4.01. The number of Topliss-reactive ketones (excluding diaryl/α,β-unsaturated/α-hetero) is 1. The lowest BCUT2D eigenvalue weighted by molar-refractivity contribution is -0.157. The second-order valence-corrected chi connectivity index (χ2v) is 6.70. The van der Waals surface area contributed by atoms with Crippen molar-refractivity contribution in [2.75, 3.05) is 12.4 Å². The standard InChI is InChI=1S/C13H17NO3S2/c1-3-17-11(16)13(6-4-5-10(13)15)8-19-12-14-9(2)7-18-12/h7H,3-6,8H2,1-2H3. The predicted molar refractivity (Wildman–Crippen MR) is 75.5 cm³/mol. The van der Waals surface area contributed by atoms with Gasteiger partial charge < -0.3 is 4.74 Å². The van der Waals surface area contributed by atoms with Crippen LogP contribution in [0.1, 0.15) is 31.9 Å². The van der Waals surface area contributed by atoms with Gasteiger partial charge in [0, 0.05) is 23.2 Å². The van der Waals surface area contributed by atoms with Gasteiger partial charge in [-0.3, -0.25) is 9.59 Å². The Morgan fingerprint density at radius 2 is 2.42 bits per heavy atom. The van der Waals surface area contributed by atoms with Crippen LogP contribution in [0.5, 0.6) is 0 Å². The summed E-state index contributed by atoms with van der Waals surface area (Å²) in [5, 5.41) is 1.97. The first-order chi connectivity index (χ1) is 9.08. The fraction of sp³-hybridized carbons (Fsp3) is 0.615. The number of ketones is 1. The van der Waals surface area contributed by atoms with E-state index in [1.807, 2.05) is 12.3 Å². The van der Waals surface area contributed by atoms with Crippen molar-refractivity contribution in [3.05, 3.63) is 11.1 Å². The van der Waals surface area contributed by atoms with Crippen molar-refractivity contribution in [2.45, 2.75) is 37.4 Å². The van der Waals surface area contributed by atoms with Gasteiger partial charge in [-0.25, -0.2) is 4.98 Å². The molecule has 1 saturated carbocycles. The predicted octanol–water partition coefficient (Wildman–Crippen LogP) is 2.85. The van der Waals surface area contributed by atoms with Crippen LogP contribution in [0.3, 0.4) is 0 Å². The molecule has 1 atom stereocenters. The van der Waals surface area contributed by atoms with E-state index in [4.69, 9.17) is 4.74 Å². The van der Waals surface area contributed by atoms with Gasteiger partial charge in [0.05, 0.1) is 6.61 Å². The molecule has 6 heteroatoms. The van der Waals surface area contributed by atoms with Gasteiger partial charge >= 0.3 is 5.97 Å². The Morgan fingerprint density at radius 3 is 2.95 bits per heavy atom. The average Bonchev–Trinajstić information content (AvgIpc) is 2.94. The lowest BCUT2D eigenvalue weighted by Gasteiger charge is -2.23. The molecule has 1 aliphatic rings. The molecule has 0 N–H and O–H groups in total. The third-order valence-electron chi connectivity index (χ3n) is 3.25. The molecule has 1 aromatic rings. The molecule has 1 fully saturated rings. The molecule has 1 aliphatic carbocycles. The topological polar surface area (TPSA) is 56.3 Å². The van der Waals surface area contributed by atoms with Crippen LogP contribution >= 0.6 is 23.1 Å². The number of ether oxygens (including phenoxy) is 1. The summed E-state index contributed by atoms with van der Waals surface area (Å²) in [6, 6.07) is 0. The highest BCUT2D eigenvalue weighted by Crippen LogP contribution is 2.41. The molecular weight excluding hydrogens is 282 g/mol. The Balaban J connectivity index is 2.10. The van der Waals surface area contributed by atoms with Crippen molar-refractivity contribution < 1.29 is 14.3 Å². The molecule has 4 nitrogen and oxygen atoms in total. The Kier molecular flexibility index (Phi) is 4.62. The fourth-order valence-electron chi connectivity index (χ4n) is 2.21. The zero-order chi connectivity index (χ0) is 13.9. The van der Waals surface area contributed by atoms with E-state index in [1.54, 1.807) is 18.3 Å². The maximum atomic E-state index is 12.1. The molecule has 1 heterocycles. The van der Waals surface area contributed by atoms with E-state index in [9.17, 15) is 9.59 Å². The summed E-state index contributed by atoms with van der Waals surface area (Å²) in [4.78, 5) is 28.6. The van der Waals surface area contributed by atoms with Gasteiger partial charge in [-0.05, 0) is 26.7 Å². The molecule has 0 aromatic carbocycles. The molecule has 0 saturated heterocycles. The van der Waals surface area contributed by atoms with E-state index in [0.29, 0.717) is 25.2 Å². The van der Waals surface area contributed by atoms with E-state index >= 15 is 0 Å². The monoisotopic (exact) mass is 299 g/mol. The van der Waals surface area contributed by atoms with Gasteiger partial charge in [0.25, 0.3) is 0 Å². The van der Waals surface area contributed by atoms with Crippen LogP contribution in [-0.4, -0.2) is 29.1 Å². The largest absolute Gasteiger partial charge is 0.465 e. The van der Waals surface area contributed by atoms with Crippen LogP contribution in [0.4, 0.5) is 0 Å². The first-order valence-electron chi connectivity index (χ1n) is 6.34. The van der Waals surface area contributed by atoms with Crippen molar-refractivity contribution in [1.29, 1.82) is 0 Å². The number of nitrogens with zero attached hydrogens (tertiary/aromatic N) is 1. The Labute approximate surface area is 120 Å². The zero-order valence-electron chi connectivity index (χ0n) is 11.1. The van der Waals surface area contributed by atoms with Crippen LogP contribution in [0.15, 0.2) is 9.72 Å². The van der Waals surface area contributed by atoms with Gasteiger partial charge in [0.15, 0.2) is 5.78 Å². The molecule has 104 valence electrons. The number of carbonyl (C=O) groups is 2. The van der Waals surface area contributed by atoms with Gasteiger partial charge in [0.2, 0.25) is 0 Å². The summed E-state index contributed by atoms with van der Waals surface area (Å²) in [5.41, 5.74) is 0.0238. The average molecular weight is 299 g/mol. The number of thioether (sulfide) groups is 1. The number of carbonyl (C=O) groups excluding carboxylic acids is 2. The summed E-state index contributed by atoms with van der Waals surface area (Å²) in [7, 11) is 0. The molecule has 0 spiro atoms. The van der Waals surface area contributed by atoms with Crippen molar-refractivity contribution in [1.82, 2.24) is 4.98 Å². The van der Waals surface area contributed by atoms with Crippen molar-refractivity contribution in [2.24, 2.45) is 5.41 Å². The van der Waals surface area contributed by atoms with E-state index in [1.165, 1.54) is 11.8 Å². The van der Waals surface area contributed by atoms with Crippen LogP contribution in [0.25, 0.3) is 0 Å². The molecule has 19 heavy (non-hydrogen) atoms. The first kappa shape index (κ1) is 14.5. The number of thiazole rings is 1. The second-order valence-electron chi connectivity index (χ2n) is 4.62. The van der Waals surface area contributed by atoms with E-state index < -0.39 is 5.41 Å². The number of aryl methyl sites for hydroxylation is 1. The van der Waals surface area contributed by atoms with Crippen molar-refractivity contribution >= 4 is 34.9 Å². The Morgan fingerprint density at radius 1 is 1.63 bits per heavy atom. The fourth-order valence-corrected chi connectivity index (χ4v) is 4.33. The summed E-state index contributed by atoms with van der Waals surface area (Å²) in [5.74, 6) is 0.0995. The third kappa shape index (κ3) is 3.00. The molecule has 0 aliphatic heterocycles. The highest BCUT2D eigenvalue weighted by atomic mass is 32.2. The van der Waals surface area contributed by atoms with Crippen LogP contribution in [0, 0.1) is 12.3 Å². The minimum Gasteiger partial charge on any atom is -0.465 e. The van der Waals surface area contributed by atoms with Gasteiger partial charge in [-0.2, -0.15) is 0 Å². The smallest absolute Gasteiger partial charge is 0.320 e. The number of hydrogen-bond acceptors (Lipinski definition) is 6. The Hall–Kier alpha value is -0.880. The van der Waals surface area contributed by atoms with Crippen LogP contribution in [-0.2, 0) is 14.3 Å². The summed E-state index contributed by atoms with van der Waals surface area (Å²) < 4.78 is 6.01. The highest BCUT2D eigenvalue weighted by molar-refractivity contribution is 8.01. The number of hydrogen-bond donors (Lipinski definition) is 0. The Bertz CT molecular complexity index is 486. The molecule has 1 aromatic heterocycles.